The van der Waals surface area contributed by atoms with Crippen LogP contribution in [0.2, 0.25) is 0 Å². The Balaban J connectivity index is 1.39. The highest BCUT2D eigenvalue weighted by Gasteiger charge is 2.11. The summed E-state index contributed by atoms with van der Waals surface area (Å²) in [5.41, 5.74) is 3.12. The van der Waals surface area contributed by atoms with Crippen molar-refractivity contribution in [3.8, 4) is 0 Å². The lowest BCUT2D eigenvalue weighted by Gasteiger charge is -2.07. The minimum Gasteiger partial charge on any atom is -0.326 e. The van der Waals surface area contributed by atoms with E-state index in [1.54, 1.807) is 24.4 Å². The molecule has 0 aliphatic carbocycles. The van der Waals surface area contributed by atoms with E-state index in [9.17, 15) is 14.0 Å². The molecule has 0 bridgehead atoms. The number of carbonyl (C=O) groups is 2. The van der Waals surface area contributed by atoms with Crippen LogP contribution in [0.4, 0.5) is 15.8 Å². The second-order valence-electron chi connectivity index (χ2n) is 6.74. The number of fused-ring (bicyclic) bond motifs is 1. The number of hydrogen-bond acceptors (Lipinski definition) is 4. The molecule has 7 nitrogen and oxygen atoms in total. The molecule has 8 heteroatoms. The Kier molecular flexibility index (Phi) is 5.79. The highest BCUT2D eigenvalue weighted by Crippen LogP contribution is 2.22. The van der Waals surface area contributed by atoms with Crippen LogP contribution in [0.5, 0.6) is 0 Å². The Morgan fingerprint density at radius 1 is 0.935 bits per heavy atom. The van der Waals surface area contributed by atoms with Gasteiger partial charge in [-0.05, 0) is 60.7 Å². The summed E-state index contributed by atoms with van der Waals surface area (Å²) >= 11 is 0. The molecule has 154 valence electrons. The number of halogens is 1. The number of aromatic nitrogens is 3. The topological polar surface area (TPSA) is 99.8 Å². The van der Waals surface area contributed by atoms with E-state index in [2.05, 4.69) is 25.8 Å². The predicted molar refractivity (Wildman–Crippen MR) is 118 cm³/mol. The Morgan fingerprint density at radius 3 is 2.48 bits per heavy atom. The van der Waals surface area contributed by atoms with Crippen LogP contribution < -0.4 is 10.6 Å². The lowest BCUT2D eigenvalue weighted by molar-refractivity contribution is -0.123. The number of rotatable bonds is 6. The van der Waals surface area contributed by atoms with Crippen molar-refractivity contribution in [2.24, 2.45) is 0 Å². The van der Waals surface area contributed by atoms with Crippen molar-refractivity contribution < 1.29 is 14.0 Å². The van der Waals surface area contributed by atoms with Gasteiger partial charge in [0.2, 0.25) is 11.8 Å². The van der Waals surface area contributed by atoms with E-state index in [1.807, 2.05) is 36.4 Å². The smallest absolute Gasteiger partial charge is 0.233 e. The quantitative estimate of drug-likeness (QED) is 0.410. The maximum Gasteiger partial charge on any atom is 0.233 e. The maximum atomic E-state index is 13.2. The van der Waals surface area contributed by atoms with Crippen LogP contribution in [0.1, 0.15) is 17.8 Å². The molecule has 0 fully saturated rings. The molecular weight excluding hydrogens is 397 g/mol. The van der Waals surface area contributed by atoms with Crippen LogP contribution in [0.3, 0.4) is 0 Å². The van der Waals surface area contributed by atoms with Crippen LogP contribution in [0.15, 0.2) is 66.9 Å². The Labute approximate surface area is 177 Å². The molecule has 0 unspecified atom stereocenters. The molecule has 2 aromatic carbocycles. The zero-order valence-electron chi connectivity index (χ0n) is 16.3. The second kappa shape index (κ2) is 9.00. The number of nitrogens with one attached hydrogen (secondary N) is 3. The molecule has 0 spiro atoms. The number of benzene rings is 2. The first-order valence-electron chi connectivity index (χ1n) is 9.49. The molecule has 4 aromatic rings. The molecule has 0 saturated carbocycles. The first-order chi connectivity index (χ1) is 15.1. The van der Waals surface area contributed by atoms with Gasteiger partial charge in [-0.1, -0.05) is 12.1 Å². The van der Waals surface area contributed by atoms with E-state index in [0.29, 0.717) is 11.4 Å². The molecule has 0 radical (unpaired) electrons. The minimum absolute atomic E-state index is 0.294. The Hall–Kier alpha value is -4.33. The lowest BCUT2D eigenvalue weighted by atomic mass is 10.1. The SMILES string of the molecule is O=C(CC(=O)Nc1ccc2c(C=Cc3ccccn3)n[nH]c2c1)Nc1cccc(F)c1. The number of aromatic amines is 1. The third-order valence-electron chi connectivity index (χ3n) is 4.41. The molecule has 31 heavy (non-hydrogen) atoms. The zero-order valence-corrected chi connectivity index (χ0v) is 16.3. The highest BCUT2D eigenvalue weighted by atomic mass is 19.1. The predicted octanol–water partition coefficient (Wildman–Crippen LogP) is 4.23. The molecule has 0 atom stereocenters. The van der Waals surface area contributed by atoms with Crippen molar-refractivity contribution in [2.45, 2.75) is 6.42 Å². The molecule has 0 saturated heterocycles. The van der Waals surface area contributed by atoms with Crippen molar-refractivity contribution >= 4 is 46.2 Å². The van der Waals surface area contributed by atoms with E-state index < -0.39 is 24.1 Å². The Bertz CT molecular complexity index is 1270. The fraction of sp³-hybridized carbons (Fsp3) is 0.0435. The summed E-state index contributed by atoms with van der Waals surface area (Å²) in [6.07, 6.45) is 5.05. The second-order valence-corrected chi connectivity index (χ2v) is 6.74. The molecular formula is C23H18FN5O2. The first kappa shape index (κ1) is 20.0. The van der Waals surface area contributed by atoms with E-state index in [4.69, 9.17) is 0 Å². The minimum atomic E-state index is -0.535. The summed E-state index contributed by atoms with van der Waals surface area (Å²) in [6.45, 7) is 0. The molecule has 2 amide bonds. The third kappa shape index (κ3) is 5.18. The fourth-order valence-electron chi connectivity index (χ4n) is 3.01. The van der Waals surface area contributed by atoms with Crippen LogP contribution in [-0.2, 0) is 9.59 Å². The monoisotopic (exact) mass is 415 g/mol. The molecule has 4 rings (SSSR count). The van der Waals surface area contributed by atoms with Gasteiger partial charge in [-0.2, -0.15) is 5.10 Å². The van der Waals surface area contributed by atoms with Gasteiger partial charge in [-0.15, -0.1) is 0 Å². The van der Waals surface area contributed by atoms with Gasteiger partial charge in [0.25, 0.3) is 0 Å². The van der Waals surface area contributed by atoms with Gasteiger partial charge in [0.15, 0.2) is 0 Å². The number of hydrogen-bond donors (Lipinski definition) is 3. The summed E-state index contributed by atoms with van der Waals surface area (Å²) in [5, 5.41) is 13.3. The molecule has 2 heterocycles. The van der Waals surface area contributed by atoms with Crippen LogP contribution in [0, 0.1) is 5.82 Å². The average molecular weight is 415 g/mol. The molecule has 2 aromatic heterocycles. The van der Waals surface area contributed by atoms with Crippen LogP contribution in [-0.4, -0.2) is 27.0 Å². The van der Waals surface area contributed by atoms with Crippen molar-refractivity contribution in [1.29, 1.82) is 0 Å². The average Bonchev–Trinajstić information content (AvgIpc) is 3.15. The van der Waals surface area contributed by atoms with Gasteiger partial charge >= 0.3 is 0 Å². The van der Waals surface area contributed by atoms with Crippen molar-refractivity contribution in [3.63, 3.8) is 0 Å². The van der Waals surface area contributed by atoms with Crippen molar-refractivity contribution in [1.82, 2.24) is 15.2 Å². The zero-order chi connectivity index (χ0) is 21.6. The van der Waals surface area contributed by atoms with Gasteiger partial charge in [0.05, 0.1) is 16.9 Å². The molecule has 0 aliphatic rings. The number of pyridine rings is 1. The van der Waals surface area contributed by atoms with E-state index in [-0.39, 0.29) is 0 Å². The number of H-pyrrole nitrogens is 1. The van der Waals surface area contributed by atoms with E-state index in [1.165, 1.54) is 18.2 Å². The summed E-state index contributed by atoms with van der Waals surface area (Å²) in [6, 6.07) is 16.4. The summed E-state index contributed by atoms with van der Waals surface area (Å²) < 4.78 is 13.2. The van der Waals surface area contributed by atoms with Gasteiger partial charge < -0.3 is 10.6 Å². The normalized spacial score (nSPS) is 11.0. The highest BCUT2D eigenvalue weighted by molar-refractivity contribution is 6.08. The summed E-state index contributed by atoms with van der Waals surface area (Å²) in [5.74, 6) is -1.49. The van der Waals surface area contributed by atoms with Gasteiger partial charge in [-0.3, -0.25) is 19.7 Å². The first-order valence-corrected chi connectivity index (χ1v) is 9.49. The Morgan fingerprint density at radius 2 is 1.74 bits per heavy atom. The molecule has 0 aliphatic heterocycles. The number of amides is 2. The van der Waals surface area contributed by atoms with Crippen molar-refractivity contribution in [3.05, 3.63) is 84.1 Å². The van der Waals surface area contributed by atoms with Crippen LogP contribution in [0.25, 0.3) is 23.1 Å². The molecule has 3 N–H and O–H groups in total. The third-order valence-corrected chi connectivity index (χ3v) is 4.41. The summed E-state index contributed by atoms with van der Waals surface area (Å²) in [7, 11) is 0. The lowest BCUT2D eigenvalue weighted by Crippen LogP contribution is -2.21. The summed E-state index contributed by atoms with van der Waals surface area (Å²) in [4.78, 5) is 28.4. The number of carbonyl (C=O) groups excluding carboxylic acids is 2. The number of nitrogens with zero attached hydrogens (tertiary/aromatic N) is 2. The number of anilines is 2. The standard InChI is InChI=1S/C23H18FN5O2/c24-15-4-3-6-17(12-15)26-22(30)14-23(31)27-18-7-9-19-20(28-29-21(19)13-18)10-8-16-5-1-2-11-25-16/h1-13H,14H2,(H,26,30)(H,27,31)(H,28,29). The van der Waals surface area contributed by atoms with Crippen LogP contribution >= 0.6 is 0 Å². The fourth-order valence-corrected chi connectivity index (χ4v) is 3.01. The maximum absolute atomic E-state index is 13.2. The largest absolute Gasteiger partial charge is 0.326 e. The van der Waals surface area contributed by atoms with E-state index >= 15 is 0 Å². The van der Waals surface area contributed by atoms with E-state index in [0.717, 1.165) is 22.3 Å². The van der Waals surface area contributed by atoms with Gasteiger partial charge in [-0.25, -0.2) is 4.39 Å². The van der Waals surface area contributed by atoms with Gasteiger partial charge in [0.1, 0.15) is 12.2 Å². The van der Waals surface area contributed by atoms with Crippen molar-refractivity contribution in [2.75, 3.05) is 10.6 Å². The van der Waals surface area contributed by atoms with Gasteiger partial charge in [0, 0.05) is 23.0 Å².